The van der Waals surface area contributed by atoms with Crippen molar-refractivity contribution >= 4 is 17.6 Å². The van der Waals surface area contributed by atoms with E-state index in [0.29, 0.717) is 22.8 Å². The molecule has 0 fully saturated rings. The standard InChI is InChI=1S/C17H13N5O3/c1-2-16(23)19-12-4-3-5-13(9-12)22-10-15(20-21-22)14-8-11(17(24)25)6-7-18-14/h2-10H,1H2,(H,19,23)(H,24,25). The maximum atomic E-state index is 11.4. The Morgan fingerprint density at radius 1 is 1.20 bits per heavy atom. The average Bonchev–Trinajstić information content (AvgIpc) is 3.12. The van der Waals surface area contributed by atoms with Crippen LogP contribution in [0.2, 0.25) is 0 Å². The Kier molecular flexibility index (Phi) is 4.34. The summed E-state index contributed by atoms with van der Waals surface area (Å²) < 4.78 is 1.51. The van der Waals surface area contributed by atoms with Gasteiger partial charge >= 0.3 is 5.97 Å². The van der Waals surface area contributed by atoms with Gasteiger partial charge in [0.1, 0.15) is 5.69 Å². The Labute approximate surface area is 142 Å². The second-order valence-electron chi connectivity index (χ2n) is 5.03. The molecule has 124 valence electrons. The monoisotopic (exact) mass is 335 g/mol. The van der Waals surface area contributed by atoms with E-state index in [9.17, 15) is 9.59 Å². The highest BCUT2D eigenvalue weighted by Gasteiger charge is 2.10. The highest BCUT2D eigenvalue weighted by atomic mass is 16.4. The molecule has 8 nitrogen and oxygen atoms in total. The molecule has 0 saturated heterocycles. The predicted molar refractivity (Wildman–Crippen MR) is 90.4 cm³/mol. The number of aromatic nitrogens is 4. The van der Waals surface area contributed by atoms with Crippen LogP contribution in [0.5, 0.6) is 0 Å². The maximum absolute atomic E-state index is 11.4. The van der Waals surface area contributed by atoms with E-state index in [1.54, 1.807) is 30.5 Å². The van der Waals surface area contributed by atoms with Crippen LogP contribution < -0.4 is 5.32 Å². The lowest BCUT2D eigenvalue weighted by atomic mass is 10.2. The van der Waals surface area contributed by atoms with E-state index in [0.717, 1.165) is 0 Å². The predicted octanol–water partition coefficient (Wildman–Crippen LogP) is 2.15. The summed E-state index contributed by atoms with van der Waals surface area (Å²) in [6, 6.07) is 9.85. The van der Waals surface area contributed by atoms with E-state index < -0.39 is 5.97 Å². The molecule has 0 aliphatic heterocycles. The topological polar surface area (TPSA) is 110 Å². The lowest BCUT2D eigenvalue weighted by Crippen LogP contribution is -2.07. The number of aromatic carboxylic acids is 1. The number of hydrogen-bond acceptors (Lipinski definition) is 5. The molecule has 25 heavy (non-hydrogen) atoms. The number of pyridine rings is 1. The molecular weight excluding hydrogens is 322 g/mol. The summed E-state index contributed by atoms with van der Waals surface area (Å²) >= 11 is 0. The van der Waals surface area contributed by atoms with Crippen molar-refractivity contribution in [1.29, 1.82) is 0 Å². The van der Waals surface area contributed by atoms with Crippen molar-refractivity contribution in [3.05, 3.63) is 67.0 Å². The van der Waals surface area contributed by atoms with Gasteiger partial charge in [0.15, 0.2) is 0 Å². The van der Waals surface area contributed by atoms with Crippen molar-refractivity contribution in [3.63, 3.8) is 0 Å². The number of rotatable bonds is 5. The van der Waals surface area contributed by atoms with Crippen LogP contribution in [0.25, 0.3) is 17.1 Å². The highest BCUT2D eigenvalue weighted by molar-refractivity contribution is 5.99. The number of carbonyl (C=O) groups excluding carboxylic acids is 1. The van der Waals surface area contributed by atoms with Crippen molar-refractivity contribution in [3.8, 4) is 17.1 Å². The number of amides is 1. The van der Waals surface area contributed by atoms with Crippen LogP contribution in [0.1, 0.15) is 10.4 Å². The molecule has 0 radical (unpaired) electrons. The molecule has 0 bridgehead atoms. The van der Waals surface area contributed by atoms with Crippen LogP contribution in [0.4, 0.5) is 5.69 Å². The summed E-state index contributed by atoms with van der Waals surface area (Å²) in [6.07, 6.45) is 4.22. The first-order chi connectivity index (χ1) is 12.1. The Balaban J connectivity index is 1.90. The minimum atomic E-state index is -1.04. The Morgan fingerprint density at radius 2 is 2.04 bits per heavy atom. The molecule has 0 spiro atoms. The zero-order valence-electron chi connectivity index (χ0n) is 13.0. The van der Waals surface area contributed by atoms with Gasteiger partial charge in [0, 0.05) is 11.9 Å². The van der Waals surface area contributed by atoms with Crippen molar-refractivity contribution in [2.75, 3.05) is 5.32 Å². The van der Waals surface area contributed by atoms with Gasteiger partial charge in [-0.3, -0.25) is 9.78 Å². The molecule has 0 saturated carbocycles. The van der Waals surface area contributed by atoms with E-state index in [-0.39, 0.29) is 11.5 Å². The first-order valence-electron chi connectivity index (χ1n) is 7.23. The number of carboxylic acid groups (broad SMARTS) is 1. The molecule has 2 N–H and O–H groups in total. The summed E-state index contributed by atoms with van der Waals surface area (Å²) in [5.74, 6) is -1.35. The van der Waals surface area contributed by atoms with Gasteiger partial charge in [-0.05, 0) is 36.4 Å². The van der Waals surface area contributed by atoms with Gasteiger partial charge in [0.2, 0.25) is 5.91 Å². The number of nitrogens with one attached hydrogen (secondary N) is 1. The fourth-order valence-corrected chi connectivity index (χ4v) is 2.13. The van der Waals surface area contributed by atoms with E-state index >= 15 is 0 Å². The average molecular weight is 335 g/mol. The number of benzene rings is 1. The molecule has 8 heteroatoms. The van der Waals surface area contributed by atoms with Gasteiger partial charge in [-0.15, -0.1) is 5.10 Å². The highest BCUT2D eigenvalue weighted by Crippen LogP contribution is 2.18. The van der Waals surface area contributed by atoms with E-state index in [1.807, 2.05) is 0 Å². The van der Waals surface area contributed by atoms with Gasteiger partial charge in [-0.25, -0.2) is 9.48 Å². The number of carbonyl (C=O) groups is 2. The number of hydrogen-bond donors (Lipinski definition) is 2. The first-order valence-corrected chi connectivity index (χ1v) is 7.23. The zero-order valence-corrected chi connectivity index (χ0v) is 13.0. The summed E-state index contributed by atoms with van der Waals surface area (Å²) in [5.41, 5.74) is 2.22. The molecule has 2 heterocycles. The Bertz CT molecular complexity index is 964. The fraction of sp³-hybridized carbons (Fsp3) is 0. The molecule has 3 aromatic rings. The van der Waals surface area contributed by atoms with Crippen molar-refractivity contribution in [2.24, 2.45) is 0 Å². The molecule has 0 unspecified atom stereocenters. The molecule has 0 atom stereocenters. The van der Waals surface area contributed by atoms with Gasteiger partial charge in [-0.1, -0.05) is 17.9 Å². The third-order valence-corrected chi connectivity index (χ3v) is 3.33. The molecule has 2 aromatic heterocycles. The van der Waals surface area contributed by atoms with Crippen molar-refractivity contribution in [1.82, 2.24) is 20.0 Å². The van der Waals surface area contributed by atoms with E-state index in [1.165, 1.54) is 29.1 Å². The van der Waals surface area contributed by atoms with Crippen LogP contribution in [-0.4, -0.2) is 37.0 Å². The van der Waals surface area contributed by atoms with Crippen LogP contribution in [0.3, 0.4) is 0 Å². The smallest absolute Gasteiger partial charge is 0.335 e. The molecule has 1 aromatic carbocycles. The Morgan fingerprint density at radius 3 is 2.80 bits per heavy atom. The second kappa shape index (κ2) is 6.75. The molecule has 0 aliphatic rings. The van der Waals surface area contributed by atoms with Crippen LogP contribution in [0, 0.1) is 0 Å². The summed E-state index contributed by atoms with van der Waals surface area (Å²) in [5, 5.41) is 19.8. The largest absolute Gasteiger partial charge is 0.478 e. The van der Waals surface area contributed by atoms with Gasteiger partial charge in [0.05, 0.1) is 23.1 Å². The normalized spacial score (nSPS) is 10.2. The van der Waals surface area contributed by atoms with Gasteiger partial charge in [-0.2, -0.15) is 0 Å². The first kappa shape index (κ1) is 16.1. The summed E-state index contributed by atoms with van der Waals surface area (Å²) in [4.78, 5) is 26.6. The van der Waals surface area contributed by atoms with Crippen molar-refractivity contribution in [2.45, 2.75) is 0 Å². The minimum Gasteiger partial charge on any atom is -0.478 e. The van der Waals surface area contributed by atoms with E-state index in [4.69, 9.17) is 5.11 Å². The lowest BCUT2D eigenvalue weighted by Gasteiger charge is -2.05. The maximum Gasteiger partial charge on any atom is 0.335 e. The van der Waals surface area contributed by atoms with E-state index in [2.05, 4.69) is 27.2 Å². The SMILES string of the molecule is C=CC(=O)Nc1cccc(-n2cc(-c3cc(C(=O)O)ccn3)nn2)c1. The molecular formula is C17H13N5O3. The summed E-state index contributed by atoms with van der Waals surface area (Å²) in [7, 11) is 0. The van der Waals surface area contributed by atoms with Crippen LogP contribution in [-0.2, 0) is 4.79 Å². The quantitative estimate of drug-likeness (QED) is 0.691. The van der Waals surface area contributed by atoms with Crippen LogP contribution >= 0.6 is 0 Å². The Hall–Kier alpha value is -3.81. The second-order valence-corrected chi connectivity index (χ2v) is 5.03. The molecule has 0 aliphatic carbocycles. The third kappa shape index (κ3) is 3.58. The lowest BCUT2D eigenvalue weighted by molar-refractivity contribution is -0.111. The fourth-order valence-electron chi connectivity index (χ4n) is 2.13. The number of carboxylic acids is 1. The molecule has 3 rings (SSSR count). The number of nitrogens with zero attached hydrogens (tertiary/aromatic N) is 4. The van der Waals surface area contributed by atoms with Gasteiger partial charge in [0.25, 0.3) is 0 Å². The summed E-state index contributed by atoms with van der Waals surface area (Å²) in [6.45, 7) is 3.41. The number of anilines is 1. The molecule has 1 amide bonds. The van der Waals surface area contributed by atoms with Crippen LogP contribution in [0.15, 0.2) is 61.4 Å². The third-order valence-electron chi connectivity index (χ3n) is 3.33. The van der Waals surface area contributed by atoms with Crippen molar-refractivity contribution < 1.29 is 14.7 Å². The minimum absolute atomic E-state index is 0.119. The van der Waals surface area contributed by atoms with Gasteiger partial charge < -0.3 is 10.4 Å². The zero-order chi connectivity index (χ0) is 17.8.